The summed E-state index contributed by atoms with van der Waals surface area (Å²) in [6.07, 6.45) is 6.72. The van der Waals surface area contributed by atoms with E-state index in [0.29, 0.717) is 0 Å². The SMILES string of the molecule is CN=C(NCCCN1CCCCCC1)NCc1ccccc1C. The van der Waals surface area contributed by atoms with Crippen LogP contribution in [0, 0.1) is 6.92 Å². The van der Waals surface area contributed by atoms with Gasteiger partial charge in [0.05, 0.1) is 0 Å². The van der Waals surface area contributed by atoms with Gasteiger partial charge in [-0.25, -0.2) is 0 Å². The Bertz CT molecular complexity index is 476. The van der Waals surface area contributed by atoms with E-state index in [1.165, 1.54) is 62.9 Å². The fourth-order valence-corrected chi connectivity index (χ4v) is 3.08. The summed E-state index contributed by atoms with van der Waals surface area (Å²) >= 11 is 0. The first-order valence-corrected chi connectivity index (χ1v) is 9.01. The zero-order valence-electron chi connectivity index (χ0n) is 14.8. The molecule has 1 aliphatic rings. The Kier molecular flexibility index (Phi) is 7.95. The minimum Gasteiger partial charge on any atom is -0.356 e. The van der Waals surface area contributed by atoms with Crippen molar-refractivity contribution >= 4 is 5.96 Å². The van der Waals surface area contributed by atoms with Crippen molar-refractivity contribution in [3.8, 4) is 0 Å². The molecule has 0 spiro atoms. The molecule has 0 aliphatic carbocycles. The van der Waals surface area contributed by atoms with E-state index in [9.17, 15) is 0 Å². The molecule has 2 rings (SSSR count). The number of nitrogens with zero attached hydrogens (tertiary/aromatic N) is 2. The van der Waals surface area contributed by atoms with Gasteiger partial charge in [-0.05, 0) is 56.9 Å². The average Bonchev–Trinajstić information content (AvgIpc) is 2.84. The highest BCUT2D eigenvalue weighted by molar-refractivity contribution is 5.79. The zero-order valence-corrected chi connectivity index (χ0v) is 14.8. The number of guanidine groups is 1. The van der Waals surface area contributed by atoms with Crippen LogP contribution in [0.2, 0.25) is 0 Å². The van der Waals surface area contributed by atoms with E-state index in [1.54, 1.807) is 0 Å². The van der Waals surface area contributed by atoms with Crippen LogP contribution in [0.15, 0.2) is 29.3 Å². The first-order chi connectivity index (χ1) is 11.3. The highest BCUT2D eigenvalue weighted by Crippen LogP contribution is 2.09. The summed E-state index contributed by atoms with van der Waals surface area (Å²) in [5, 5.41) is 6.83. The Morgan fingerprint density at radius 2 is 1.83 bits per heavy atom. The van der Waals surface area contributed by atoms with Crippen LogP contribution in [-0.2, 0) is 6.54 Å². The van der Waals surface area contributed by atoms with Crippen LogP contribution in [-0.4, -0.2) is 44.1 Å². The molecule has 0 unspecified atom stereocenters. The summed E-state index contributed by atoms with van der Waals surface area (Å²) in [6.45, 7) is 7.69. The molecule has 0 aromatic heterocycles. The molecule has 0 atom stereocenters. The average molecular weight is 316 g/mol. The highest BCUT2D eigenvalue weighted by atomic mass is 15.2. The number of hydrogen-bond donors (Lipinski definition) is 2. The molecule has 1 fully saturated rings. The van der Waals surface area contributed by atoms with Crippen LogP contribution in [0.4, 0.5) is 0 Å². The van der Waals surface area contributed by atoms with Crippen molar-refractivity contribution in [2.75, 3.05) is 33.2 Å². The topological polar surface area (TPSA) is 39.7 Å². The van der Waals surface area contributed by atoms with E-state index >= 15 is 0 Å². The molecule has 4 nitrogen and oxygen atoms in total. The highest BCUT2D eigenvalue weighted by Gasteiger charge is 2.08. The predicted molar refractivity (Wildman–Crippen MR) is 98.9 cm³/mol. The Hall–Kier alpha value is -1.55. The van der Waals surface area contributed by atoms with Crippen molar-refractivity contribution < 1.29 is 0 Å². The summed E-state index contributed by atoms with van der Waals surface area (Å²) in [6, 6.07) is 8.47. The standard InChI is InChI=1S/C19H32N4/c1-17-10-5-6-11-18(17)16-22-19(20-2)21-12-9-15-23-13-7-3-4-8-14-23/h5-6,10-11H,3-4,7-9,12-16H2,1-2H3,(H2,20,21,22). The summed E-state index contributed by atoms with van der Waals surface area (Å²) in [4.78, 5) is 6.92. The van der Waals surface area contributed by atoms with Crippen LogP contribution in [0.25, 0.3) is 0 Å². The molecule has 0 radical (unpaired) electrons. The molecule has 1 aliphatic heterocycles. The lowest BCUT2D eigenvalue weighted by Crippen LogP contribution is -2.38. The number of rotatable bonds is 6. The number of nitrogens with one attached hydrogen (secondary N) is 2. The molecule has 0 saturated carbocycles. The predicted octanol–water partition coefficient (Wildman–Crippen LogP) is 2.93. The lowest BCUT2D eigenvalue weighted by molar-refractivity contribution is 0.282. The molecule has 128 valence electrons. The fourth-order valence-electron chi connectivity index (χ4n) is 3.08. The van der Waals surface area contributed by atoms with Crippen LogP contribution < -0.4 is 10.6 Å². The third-order valence-electron chi connectivity index (χ3n) is 4.57. The smallest absolute Gasteiger partial charge is 0.191 e. The number of aryl methyl sites for hydroxylation is 1. The molecule has 2 N–H and O–H groups in total. The van der Waals surface area contributed by atoms with Gasteiger partial charge in [-0.2, -0.15) is 0 Å². The van der Waals surface area contributed by atoms with Gasteiger partial charge in [-0.15, -0.1) is 0 Å². The first-order valence-electron chi connectivity index (χ1n) is 9.01. The van der Waals surface area contributed by atoms with Crippen molar-refractivity contribution in [3.05, 3.63) is 35.4 Å². The fraction of sp³-hybridized carbons (Fsp3) is 0.632. The van der Waals surface area contributed by atoms with Gasteiger partial charge in [0.25, 0.3) is 0 Å². The molecule has 0 amide bonds. The van der Waals surface area contributed by atoms with Gasteiger partial charge in [0.2, 0.25) is 0 Å². The van der Waals surface area contributed by atoms with Crippen molar-refractivity contribution in [2.45, 2.75) is 45.6 Å². The Labute approximate surface area is 141 Å². The van der Waals surface area contributed by atoms with E-state index in [0.717, 1.165) is 19.0 Å². The third kappa shape index (κ3) is 6.61. The van der Waals surface area contributed by atoms with Gasteiger partial charge in [0.1, 0.15) is 0 Å². The summed E-state index contributed by atoms with van der Waals surface area (Å²) in [5.74, 6) is 0.893. The van der Waals surface area contributed by atoms with Crippen LogP contribution >= 0.6 is 0 Å². The normalized spacial score (nSPS) is 16.9. The minimum absolute atomic E-state index is 0.818. The number of aliphatic imine (C=N–C) groups is 1. The van der Waals surface area contributed by atoms with Crippen LogP contribution in [0.1, 0.15) is 43.2 Å². The number of likely N-dealkylation sites (tertiary alicyclic amines) is 1. The maximum Gasteiger partial charge on any atom is 0.191 e. The van der Waals surface area contributed by atoms with Gasteiger partial charge in [-0.1, -0.05) is 37.1 Å². The lowest BCUT2D eigenvalue weighted by atomic mass is 10.1. The van der Waals surface area contributed by atoms with E-state index in [1.807, 2.05) is 7.05 Å². The quantitative estimate of drug-likeness (QED) is 0.481. The Balaban J connectivity index is 1.64. The lowest BCUT2D eigenvalue weighted by Gasteiger charge is -2.20. The molecule has 1 aromatic rings. The van der Waals surface area contributed by atoms with Crippen LogP contribution in [0.5, 0.6) is 0 Å². The zero-order chi connectivity index (χ0) is 16.3. The maximum atomic E-state index is 4.31. The maximum absolute atomic E-state index is 4.31. The first kappa shape index (κ1) is 17.8. The molecule has 0 bridgehead atoms. The number of hydrogen-bond acceptors (Lipinski definition) is 2. The summed E-state index contributed by atoms with van der Waals surface area (Å²) in [7, 11) is 1.84. The van der Waals surface area contributed by atoms with Crippen molar-refractivity contribution in [3.63, 3.8) is 0 Å². The second-order valence-corrected chi connectivity index (χ2v) is 6.39. The third-order valence-corrected chi connectivity index (χ3v) is 4.57. The molecular formula is C19H32N4. The van der Waals surface area contributed by atoms with Gasteiger partial charge in [0.15, 0.2) is 5.96 Å². The van der Waals surface area contributed by atoms with Gasteiger partial charge in [-0.3, -0.25) is 4.99 Å². The second-order valence-electron chi connectivity index (χ2n) is 6.39. The molecule has 1 aromatic carbocycles. The minimum atomic E-state index is 0.818. The van der Waals surface area contributed by atoms with Crippen molar-refractivity contribution in [1.29, 1.82) is 0 Å². The van der Waals surface area contributed by atoms with Gasteiger partial charge < -0.3 is 15.5 Å². The van der Waals surface area contributed by atoms with E-state index in [2.05, 4.69) is 51.7 Å². The number of benzene rings is 1. The van der Waals surface area contributed by atoms with E-state index in [-0.39, 0.29) is 0 Å². The van der Waals surface area contributed by atoms with E-state index < -0.39 is 0 Å². The molecule has 1 saturated heterocycles. The van der Waals surface area contributed by atoms with Gasteiger partial charge in [0, 0.05) is 20.1 Å². The summed E-state index contributed by atoms with van der Waals surface area (Å²) in [5.41, 5.74) is 2.64. The van der Waals surface area contributed by atoms with Crippen molar-refractivity contribution in [1.82, 2.24) is 15.5 Å². The Morgan fingerprint density at radius 1 is 1.09 bits per heavy atom. The molecule has 1 heterocycles. The molecule has 23 heavy (non-hydrogen) atoms. The second kappa shape index (κ2) is 10.3. The van der Waals surface area contributed by atoms with Crippen LogP contribution in [0.3, 0.4) is 0 Å². The summed E-state index contributed by atoms with van der Waals surface area (Å²) < 4.78 is 0. The van der Waals surface area contributed by atoms with Crippen molar-refractivity contribution in [2.24, 2.45) is 4.99 Å². The molecule has 4 heteroatoms. The largest absolute Gasteiger partial charge is 0.356 e. The Morgan fingerprint density at radius 3 is 2.52 bits per heavy atom. The molecular weight excluding hydrogens is 284 g/mol. The monoisotopic (exact) mass is 316 g/mol. The van der Waals surface area contributed by atoms with E-state index in [4.69, 9.17) is 0 Å². The van der Waals surface area contributed by atoms with Gasteiger partial charge >= 0.3 is 0 Å².